The molecule has 6 amide bonds. The zero-order valence-corrected chi connectivity index (χ0v) is 31.6. The lowest BCUT2D eigenvalue weighted by atomic mass is 10.0. The van der Waals surface area contributed by atoms with Crippen molar-refractivity contribution in [3.63, 3.8) is 0 Å². The number of carbonyl (C=O) groups excluding carboxylic acids is 6. The van der Waals surface area contributed by atoms with Crippen LogP contribution in [0.15, 0.2) is 42.6 Å². The molecule has 1 aliphatic carbocycles. The lowest BCUT2D eigenvalue weighted by Crippen LogP contribution is -2.55. The standard InChI is InChI=1S/C39H45N9O8/c1-4-27-37(53)46(2)29-21-42-39(45-33(29)47(27)23-8-5-6-9-23)43-25-13-12-22(20-30(25)55-3)34(50)41-17-19-56-18-16-40-26-11-7-10-24-32(26)38(54)48(36(24)52)28-14-15-31(49)44-35(28)51/h7,10-13,20-21,23,27-28,40H,4-6,8-9,14-19H2,1-3H3,(H,41,50)(H,42,43,45)(H,44,49,51)/t27-,28?/m1/s1. The number of fused-ring (bicyclic) bond motifs is 2. The van der Waals surface area contributed by atoms with E-state index in [1.807, 2.05) is 6.92 Å². The van der Waals surface area contributed by atoms with Crippen molar-refractivity contribution in [1.29, 1.82) is 0 Å². The summed E-state index contributed by atoms with van der Waals surface area (Å²) in [5.74, 6) is -1.07. The van der Waals surface area contributed by atoms with Gasteiger partial charge in [-0.15, -0.1) is 0 Å². The van der Waals surface area contributed by atoms with Gasteiger partial charge in [-0.1, -0.05) is 25.8 Å². The van der Waals surface area contributed by atoms with Crippen LogP contribution in [0.3, 0.4) is 0 Å². The van der Waals surface area contributed by atoms with E-state index >= 15 is 0 Å². The summed E-state index contributed by atoms with van der Waals surface area (Å²) in [5, 5.41) is 11.4. The van der Waals surface area contributed by atoms with Crippen LogP contribution >= 0.6 is 0 Å². The summed E-state index contributed by atoms with van der Waals surface area (Å²) in [6.45, 7) is 3.00. The Morgan fingerprint density at radius 2 is 1.77 bits per heavy atom. The van der Waals surface area contributed by atoms with E-state index in [1.54, 1.807) is 48.5 Å². The molecule has 294 valence electrons. The first kappa shape index (κ1) is 38.2. The highest BCUT2D eigenvalue weighted by Gasteiger charge is 2.46. The van der Waals surface area contributed by atoms with Crippen molar-refractivity contribution >= 4 is 64.3 Å². The second kappa shape index (κ2) is 16.3. The fraction of sp³-hybridized carbons (Fsp3) is 0.436. The summed E-state index contributed by atoms with van der Waals surface area (Å²) in [5.41, 5.74) is 2.40. The highest BCUT2D eigenvalue weighted by Crippen LogP contribution is 2.40. The van der Waals surface area contributed by atoms with Gasteiger partial charge in [-0.3, -0.25) is 39.0 Å². The van der Waals surface area contributed by atoms with E-state index in [-0.39, 0.29) is 67.6 Å². The first-order valence-corrected chi connectivity index (χ1v) is 18.9. The number of imide groups is 2. The number of rotatable bonds is 14. The van der Waals surface area contributed by atoms with Crippen molar-refractivity contribution in [2.45, 2.75) is 70.0 Å². The molecule has 17 nitrogen and oxygen atoms in total. The third-order valence-electron chi connectivity index (χ3n) is 10.7. The van der Waals surface area contributed by atoms with Crippen LogP contribution in [0.5, 0.6) is 5.75 Å². The van der Waals surface area contributed by atoms with Crippen LogP contribution in [0.1, 0.15) is 82.9 Å². The molecule has 4 aliphatic rings. The first-order valence-electron chi connectivity index (χ1n) is 18.9. The maximum Gasteiger partial charge on any atom is 0.264 e. The number of hydrogen-bond acceptors (Lipinski definition) is 13. The predicted molar refractivity (Wildman–Crippen MR) is 205 cm³/mol. The van der Waals surface area contributed by atoms with Crippen molar-refractivity contribution in [1.82, 2.24) is 25.5 Å². The molecule has 1 aromatic heterocycles. The van der Waals surface area contributed by atoms with E-state index in [2.05, 4.69) is 31.2 Å². The number of piperidine rings is 1. The number of nitrogens with one attached hydrogen (secondary N) is 4. The van der Waals surface area contributed by atoms with E-state index in [9.17, 15) is 28.8 Å². The van der Waals surface area contributed by atoms with Gasteiger partial charge in [0.2, 0.25) is 23.7 Å². The summed E-state index contributed by atoms with van der Waals surface area (Å²) in [4.78, 5) is 90.7. The number of nitrogens with zero attached hydrogens (tertiary/aromatic N) is 5. The van der Waals surface area contributed by atoms with Gasteiger partial charge in [0.1, 0.15) is 23.5 Å². The molecular formula is C39H45N9O8. The highest BCUT2D eigenvalue weighted by molar-refractivity contribution is 6.25. The Kier molecular flexibility index (Phi) is 11.1. The molecule has 1 saturated heterocycles. The fourth-order valence-electron chi connectivity index (χ4n) is 7.86. The zero-order valence-electron chi connectivity index (χ0n) is 31.6. The van der Waals surface area contributed by atoms with Gasteiger partial charge >= 0.3 is 0 Å². The average molecular weight is 768 g/mol. The number of amides is 6. The normalized spacial score (nSPS) is 19.6. The first-order chi connectivity index (χ1) is 27.1. The largest absolute Gasteiger partial charge is 0.495 e. The lowest BCUT2D eigenvalue weighted by molar-refractivity contribution is -0.136. The molecule has 1 saturated carbocycles. The van der Waals surface area contributed by atoms with Crippen molar-refractivity contribution in [3.8, 4) is 5.75 Å². The van der Waals surface area contributed by atoms with E-state index in [4.69, 9.17) is 14.5 Å². The van der Waals surface area contributed by atoms with Gasteiger partial charge in [0.15, 0.2) is 5.82 Å². The minimum Gasteiger partial charge on any atom is -0.495 e. The van der Waals surface area contributed by atoms with Crippen LogP contribution in [0.25, 0.3) is 0 Å². The number of benzene rings is 2. The van der Waals surface area contributed by atoms with Crippen LogP contribution in [0.2, 0.25) is 0 Å². The number of anilines is 5. The average Bonchev–Trinajstić information content (AvgIpc) is 3.82. The monoisotopic (exact) mass is 767 g/mol. The summed E-state index contributed by atoms with van der Waals surface area (Å²) in [6.07, 6.45) is 6.73. The maximum atomic E-state index is 13.3. The van der Waals surface area contributed by atoms with Gasteiger partial charge in [-0.2, -0.15) is 4.98 Å². The molecule has 2 fully saturated rings. The Hall–Kier alpha value is -6.10. The van der Waals surface area contributed by atoms with Gasteiger partial charge in [-0.25, -0.2) is 4.98 Å². The smallest absolute Gasteiger partial charge is 0.264 e. The quantitative estimate of drug-likeness (QED) is 0.138. The lowest BCUT2D eigenvalue weighted by Gasteiger charge is -2.43. The van der Waals surface area contributed by atoms with Gasteiger partial charge in [-0.05, 0) is 56.0 Å². The van der Waals surface area contributed by atoms with E-state index < -0.39 is 29.7 Å². The second-order valence-corrected chi connectivity index (χ2v) is 14.1. The van der Waals surface area contributed by atoms with E-state index in [0.717, 1.165) is 36.4 Å². The van der Waals surface area contributed by atoms with Crippen LogP contribution < -0.4 is 35.8 Å². The Bertz CT molecular complexity index is 2070. The SMILES string of the molecule is CC[C@@H]1C(=O)N(C)c2cnc(Nc3ccc(C(=O)NCCOCCNc4cccc5c4C(=O)N(C4CCC(=O)NC4=O)C5=O)cc3OC)nc2N1C1CCCC1. The van der Waals surface area contributed by atoms with Crippen LogP contribution in [0, 0.1) is 0 Å². The molecular weight excluding hydrogens is 722 g/mol. The molecule has 3 aliphatic heterocycles. The fourth-order valence-corrected chi connectivity index (χ4v) is 7.86. The molecule has 4 heterocycles. The Balaban J connectivity index is 0.904. The zero-order chi connectivity index (χ0) is 39.5. The minimum atomic E-state index is -1.05. The van der Waals surface area contributed by atoms with Crippen LogP contribution in [-0.4, -0.2) is 109 Å². The number of aromatic nitrogens is 2. The molecule has 0 spiro atoms. The van der Waals surface area contributed by atoms with Crippen molar-refractivity contribution in [2.24, 2.45) is 0 Å². The molecule has 3 aromatic rings. The Morgan fingerprint density at radius 3 is 2.52 bits per heavy atom. The molecule has 0 radical (unpaired) electrons. The minimum absolute atomic E-state index is 0.0417. The molecule has 17 heteroatoms. The second-order valence-electron chi connectivity index (χ2n) is 14.1. The van der Waals surface area contributed by atoms with Crippen molar-refractivity contribution in [2.75, 3.05) is 60.9 Å². The summed E-state index contributed by atoms with van der Waals surface area (Å²) in [6, 6.07) is 8.76. The molecule has 2 aromatic carbocycles. The topological polar surface area (TPSA) is 204 Å². The third-order valence-corrected chi connectivity index (χ3v) is 10.7. The van der Waals surface area contributed by atoms with Gasteiger partial charge in [0.25, 0.3) is 17.7 Å². The molecule has 56 heavy (non-hydrogen) atoms. The number of carbonyl (C=O) groups is 6. The molecule has 4 N–H and O–H groups in total. The van der Waals surface area contributed by atoms with Crippen LogP contribution in [0.4, 0.5) is 28.8 Å². The summed E-state index contributed by atoms with van der Waals surface area (Å²) in [7, 11) is 3.27. The third kappa shape index (κ3) is 7.33. The van der Waals surface area contributed by atoms with Gasteiger partial charge < -0.3 is 35.2 Å². The molecule has 0 bridgehead atoms. The summed E-state index contributed by atoms with van der Waals surface area (Å²) >= 11 is 0. The van der Waals surface area contributed by atoms with Gasteiger partial charge in [0.05, 0.1) is 43.3 Å². The predicted octanol–water partition coefficient (Wildman–Crippen LogP) is 2.99. The Morgan fingerprint density at radius 1 is 0.982 bits per heavy atom. The number of ether oxygens (including phenoxy) is 2. The van der Waals surface area contributed by atoms with Crippen molar-refractivity contribution in [3.05, 3.63) is 59.3 Å². The van der Waals surface area contributed by atoms with E-state index in [1.165, 1.54) is 13.2 Å². The van der Waals surface area contributed by atoms with Crippen molar-refractivity contribution < 1.29 is 38.2 Å². The Labute approximate surface area is 323 Å². The molecule has 7 rings (SSSR count). The number of hydrogen-bond donors (Lipinski definition) is 4. The highest BCUT2D eigenvalue weighted by atomic mass is 16.5. The molecule has 1 unspecified atom stereocenters. The summed E-state index contributed by atoms with van der Waals surface area (Å²) < 4.78 is 11.3. The maximum absolute atomic E-state index is 13.3. The van der Waals surface area contributed by atoms with Gasteiger partial charge in [0, 0.05) is 43.9 Å². The number of likely N-dealkylation sites (N-methyl/N-ethyl adjacent to an activating group) is 1. The number of methoxy groups -OCH3 is 1. The van der Waals surface area contributed by atoms with E-state index in [0.29, 0.717) is 47.3 Å². The van der Waals surface area contributed by atoms with Crippen LogP contribution in [-0.2, 0) is 19.1 Å². The molecule has 2 atom stereocenters.